The first-order valence-electron chi connectivity index (χ1n) is 10.6. The SMILES string of the molecule is O=C(Nc1cccc(C(=O)Nc2c(Br)cc(C(F)(C(F)(F)F)C(F)(F)F)cc2C(F)(F)F)c1F)c1cccc(F)c1. The Bertz CT molecular complexity index is 1490. The van der Waals surface area contributed by atoms with E-state index in [1.54, 1.807) is 0 Å². The van der Waals surface area contributed by atoms with Crippen LogP contribution in [0.5, 0.6) is 0 Å². The molecule has 3 aromatic rings. The minimum absolute atomic E-state index is 0.266. The van der Waals surface area contributed by atoms with E-state index < -0.39 is 86.3 Å². The van der Waals surface area contributed by atoms with Gasteiger partial charge in [0.05, 0.1) is 22.5 Å². The lowest BCUT2D eigenvalue weighted by molar-refractivity contribution is -0.348. The van der Waals surface area contributed by atoms with Gasteiger partial charge in [-0.1, -0.05) is 12.1 Å². The maximum absolute atomic E-state index is 15.0. The molecule has 0 radical (unpaired) electrons. The van der Waals surface area contributed by atoms with Gasteiger partial charge in [-0.25, -0.2) is 13.2 Å². The molecule has 41 heavy (non-hydrogen) atoms. The Morgan fingerprint density at radius 3 is 1.83 bits per heavy atom. The monoisotopic (exact) mass is 666 g/mol. The molecule has 0 fully saturated rings. The fourth-order valence-corrected chi connectivity index (χ4v) is 4.01. The number of amides is 2. The smallest absolute Gasteiger partial charge is 0.320 e. The highest BCUT2D eigenvalue weighted by Gasteiger charge is 2.73. The van der Waals surface area contributed by atoms with Crippen LogP contribution in [0.4, 0.5) is 64.1 Å². The molecule has 0 bridgehead atoms. The summed E-state index contributed by atoms with van der Waals surface area (Å²) in [5, 5.41) is 3.53. The molecule has 0 saturated carbocycles. The first kappa shape index (κ1) is 31.8. The number of alkyl halides is 10. The van der Waals surface area contributed by atoms with Crippen LogP contribution >= 0.6 is 15.9 Å². The van der Waals surface area contributed by atoms with Gasteiger partial charge in [-0.2, -0.15) is 39.5 Å². The van der Waals surface area contributed by atoms with E-state index in [-0.39, 0.29) is 11.6 Å². The third kappa shape index (κ3) is 6.28. The van der Waals surface area contributed by atoms with Crippen LogP contribution in [0.2, 0.25) is 0 Å². The Morgan fingerprint density at radius 2 is 1.29 bits per heavy atom. The maximum atomic E-state index is 15.0. The van der Waals surface area contributed by atoms with Crippen molar-refractivity contribution in [3.8, 4) is 0 Å². The number of halogens is 13. The lowest BCUT2D eigenvalue weighted by atomic mass is 9.92. The van der Waals surface area contributed by atoms with Crippen LogP contribution in [0.3, 0.4) is 0 Å². The molecule has 0 unspecified atom stereocenters. The van der Waals surface area contributed by atoms with Crippen LogP contribution in [0.1, 0.15) is 31.8 Å². The average molecular weight is 667 g/mol. The number of hydrogen-bond donors (Lipinski definition) is 2. The fourth-order valence-electron chi connectivity index (χ4n) is 3.45. The van der Waals surface area contributed by atoms with Crippen molar-refractivity contribution < 1.29 is 62.3 Å². The van der Waals surface area contributed by atoms with Crippen molar-refractivity contribution in [3.05, 3.63) is 93.0 Å². The van der Waals surface area contributed by atoms with Crippen LogP contribution in [-0.2, 0) is 11.8 Å². The Kier molecular flexibility index (Phi) is 8.45. The van der Waals surface area contributed by atoms with Crippen LogP contribution in [0.15, 0.2) is 59.1 Å². The Hall–Kier alpha value is -3.76. The molecule has 3 rings (SSSR count). The fraction of sp³-hybridized carbons (Fsp3) is 0.167. The quantitative estimate of drug-likeness (QED) is 0.268. The van der Waals surface area contributed by atoms with E-state index in [0.29, 0.717) is 0 Å². The zero-order chi connectivity index (χ0) is 31.1. The zero-order valence-electron chi connectivity index (χ0n) is 19.4. The Labute approximate surface area is 229 Å². The highest BCUT2D eigenvalue weighted by Crippen LogP contribution is 2.55. The lowest BCUT2D eigenvalue weighted by Gasteiger charge is -2.31. The molecule has 0 aliphatic heterocycles. The third-order valence-electron chi connectivity index (χ3n) is 5.39. The largest absolute Gasteiger partial charge is 0.435 e. The van der Waals surface area contributed by atoms with Gasteiger partial charge in [0.2, 0.25) is 0 Å². The summed E-state index contributed by atoms with van der Waals surface area (Å²) in [5.74, 6) is -5.09. The zero-order valence-corrected chi connectivity index (χ0v) is 21.0. The third-order valence-corrected chi connectivity index (χ3v) is 6.02. The first-order valence-corrected chi connectivity index (χ1v) is 11.4. The van der Waals surface area contributed by atoms with E-state index in [0.717, 1.165) is 42.5 Å². The second kappa shape index (κ2) is 10.9. The molecule has 0 aliphatic carbocycles. The van der Waals surface area contributed by atoms with E-state index >= 15 is 4.39 Å². The molecule has 0 aromatic heterocycles. The topological polar surface area (TPSA) is 58.2 Å². The van der Waals surface area contributed by atoms with Crippen molar-refractivity contribution in [2.24, 2.45) is 0 Å². The molecule has 220 valence electrons. The van der Waals surface area contributed by atoms with Gasteiger partial charge in [-0.3, -0.25) is 9.59 Å². The average Bonchev–Trinajstić information content (AvgIpc) is 2.83. The predicted molar refractivity (Wildman–Crippen MR) is 123 cm³/mol. The normalized spacial score (nSPS) is 12.7. The molecule has 2 amide bonds. The highest BCUT2D eigenvalue weighted by molar-refractivity contribution is 9.10. The van der Waals surface area contributed by atoms with Crippen molar-refractivity contribution in [1.82, 2.24) is 0 Å². The van der Waals surface area contributed by atoms with Crippen LogP contribution in [0, 0.1) is 11.6 Å². The van der Waals surface area contributed by atoms with E-state index in [1.165, 1.54) is 5.32 Å². The van der Waals surface area contributed by atoms with Crippen molar-refractivity contribution in [3.63, 3.8) is 0 Å². The number of anilines is 2. The summed E-state index contributed by atoms with van der Waals surface area (Å²) in [4.78, 5) is 25.0. The minimum Gasteiger partial charge on any atom is -0.320 e. The van der Waals surface area contributed by atoms with Gasteiger partial charge in [-0.15, -0.1) is 0 Å². The molecule has 3 aromatic carbocycles. The summed E-state index contributed by atoms with van der Waals surface area (Å²) < 4.78 is 161. The molecule has 0 saturated heterocycles. The molecular formula is C24H11BrF12N2O2. The lowest BCUT2D eigenvalue weighted by Crippen LogP contribution is -2.50. The molecule has 0 aliphatic rings. The number of carbonyl (C=O) groups is 2. The summed E-state index contributed by atoms with van der Waals surface area (Å²) in [6.07, 6.45) is -19.2. The second-order valence-electron chi connectivity index (χ2n) is 8.12. The Morgan fingerprint density at radius 1 is 0.707 bits per heavy atom. The van der Waals surface area contributed by atoms with E-state index in [2.05, 4.69) is 15.9 Å². The summed E-state index contributed by atoms with van der Waals surface area (Å²) in [6, 6.07) is 5.65. The van der Waals surface area contributed by atoms with Gasteiger partial charge in [0.1, 0.15) is 5.82 Å². The summed E-state index contributed by atoms with van der Waals surface area (Å²) >= 11 is 2.32. The number of benzene rings is 3. The van der Waals surface area contributed by atoms with Crippen molar-refractivity contribution in [1.29, 1.82) is 0 Å². The van der Waals surface area contributed by atoms with Crippen LogP contribution < -0.4 is 10.6 Å². The van der Waals surface area contributed by atoms with Crippen LogP contribution in [0.25, 0.3) is 0 Å². The van der Waals surface area contributed by atoms with E-state index in [1.807, 2.05) is 5.32 Å². The number of nitrogens with one attached hydrogen (secondary N) is 2. The highest BCUT2D eigenvalue weighted by atomic mass is 79.9. The first-order chi connectivity index (χ1) is 18.7. The van der Waals surface area contributed by atoms with E-state index in [4.69, 9.17) is 0 Å². The summed E-state index contributed by atoms with van der Waals surface area (Å²) in [6.45, 7) is 0. The van der Waals surface area contributed by atoms with Gasteiger partial charge in [0.25, 0.3) is 11.8 Å². The molecule has 0 atom stereocenters. The predicted octanol–water partition coefficient (Wildman–Crippen LogP) is 8.54. The van der Waals surface area contributed by atoms with Crippen molar-refractivity contribution in [2.45, 2.75) is 24.2 Å². The summed E-state index contributed by atoms with van der Waals surface area (Å²) in [7, 11) is 0. The number of rotatable bonds is 5. The van der Waals surface area contributed by atoms with Gasteiger partial charge >= 0.3 is 24.2 Å². The standard InChI is InChI=1S/C24H11BrF12N2O2/c25-15-9-11(21(28,23(32,33)34)24(35,36)37)8-14(22(29,30)31)18(15)39-20(41)13-5-2-6-16(17(13)27)38-19(40)10-3-1-4-12(26)7-10/h1-9H,(H,38,40)(H,39,41). The van der Waals surface area contributed by atoms with Gasteiger partial charge in [0, 0.05) is 15.6 Å². The molecule has 0 heterocycles. The van der Waals surface area contributed by atoms with Gasteiger partial charge < -0.3 is 10.6 Å². The molecular weight excluding hydrogens is 656 g/mol. The number of carbonyl (C=O) groups excluding carboxylic acids is 2. The van der Waals surface area contributed by atoms with Gasteiger partial charge in [-0.05, 0) is 58.4 Å². The Balaban J connectivity index is 2.04. The van der Waals surface area contributed by atoms with Crippen molar-refractivity contribution in [2.75, 3.05) is 10.6 Å². The molecule has 4 nitrogen and oxygen atoms in total. The van der Waals surface area contributed by atoms with Gasteiger partial charge in [0.15, 0.2) is 5.82 Å². The maximum Gasteiger partial charge on any atom is 0.435 e. The summed E-state index contributed by atoms with van der Waals surface area (Å²) in [5.41, 5.74) is -14.5. The van der Waals surface area contributed by atoms with Crippen LogP contribution in [-0.4, -0.2) is 24.2 Å². The van der Waals surface area contributed by atoms with Crippen molar-refractivity contribution >= 4 is 39.1 Å². The van der Waals surface area contributed by atoms with E-state index in [9.17, 15) is 57.9 Å². The molecule has 0 spiro atoms. The molecule has 17 heteroatoms. The number of hydrogen-bond acceptors (Lipinski definition) is 2. The molecule has 2 N–H and O–H groups in total. The second-order valence-corrected chi connectivity index (χ2v) is 8.97. The minimum atomic E-state index is -6.74.